The maximum atomic E-state index is 5.63. The summed E-state index contributed by atoms with van der Waals surface area (Å²) in [5.41, 5.74) is 6.22. The molecule has 1 fully saturated rings. The Balaban J connectivity index is 2.03. The lowest BCUT2D eigenvalue weighted by Gasteiger charge is -2.33. The molecule has 108 valence electrons. The Labute approximate surface area is 114 Å². The van der Waals surface area contributed by atoms with Crippen molar-refractivity contribution in [2.45, 2.75) is 71.6 Å². The normalized spacial score (nSPS) is 20.8. The van der Waals surface area contributed by atoms with Crippen molar-refractivity contribution in [3.05, 3.63) is 0 Å². The fourth-order valence-electron chi connectivity index (χ4n) is 3.28. The van der Waals surface area contributed by atoms with E-state index in [1.54, 1.807) is 0 Å². The van der Waals surface area contributed by atoms with Crippen molar-refractivity contribution in [2.24, 2.45) is 17.1 Å². The Kier molecular flexibility index (Phi) is 7.92. The minimum atomic E-state index is 0.583. The molecule has 1 rings (SSSR count). The van der Waals surface area contributed by atoms with Crippen molar-refractivity contribution >= 4 is 0 Å². The molecule has 1 atom stereocenters. The van der Waals surface area contributed by atoms with Gasteiger partial charge in [0.1, 0.15) is 0 Å². The zero-order valence-corrected chi connectivity index (χ0v) is 12.6. The van der Waals surface area contributed by atoms with Crippen molar-refractivity contribution < 1.29 is 0 Å². The van der Waals surface area contributed by atoms with E-state index in [-0.39, 0.29) is 0 Å². The Bertz CT molecular complexity index is 197. The smallest absolute Gasteiger partial charge is 0.000516 e. The molecule has 2 heteroatoms. The van der Waals surface area contributed by atoms with Crippen LogP contribution >= 0.6 is 0 Å². The Morgan fingerprint density at radius 2 is 1.89 bits per heavy atom. The molecule has 3 N–H and O–H groups in total. The molecule has 0 aromatic carbocycles. The molecule has 0 spiro atoms. The van der Waals surface area contributed by atoms with E-state index in [4.69, 9.17) is 5.73 Å². The van der Waals surface area contributed by atoms with Gasteiger partial charge in [-0.1, -0.05) is 39.5 Å². The molecule has 18 heavy (non-hydrogen) atoms. The average molecular weight is 254 g/mol. The summed E-state index contributed by atoms with van der Waals surface area (Å²) in [5.74, 6) is 0.849. The molecule has 0 heterocycles. The van der Waals surface area contributed by atoms with E-state index >= 15 is 0 Å². The zero-order valence-electron chi connectivity index (χ0n) is 12.6. The van der Waals surface area contributed by atoms with Crippen LogP contribution in [-0.4, -0.2) is 19.6 Å². The summed E-state index contributed by atoms with van der Waals surface area (Å²) in [4.78, 5) is 0. The van der Waals surface area contributed by atoms with Gasteiger partial charge in [-0.05, 0) is 56.5 Å². The van der Waals surface area contributed by atoms with Gasteiger partial charge in [-0.3, -0.25) is 0 Å². The lowest BCUT2D eigenvalue weighted by molar-refractivity contribution is 0.207. The minimum absolute atomic E-state index is 0.583. The lowest BCUT2D eigenvalue weighted by Crippen LogP contribution is -2.34. The standard InChI is InChI=1S/C16H34N2/c1-3-15(9-12-17)8-7-13-18-14-16(2)10-5-4-6-11-16/h15,18H,3-14,17H2,1-2H3. The molecule has 1 aliphatic carbocycles. The van der Waals surface area contributed by atoms with Gasteiger partial charge in [0.15, 0.2) is 0 Å². The maximum absolute atomic E-state index is 5.63. The molecule has 1 unspecified atom stereocenters. The fourth-order valence-corrected chi connectivity index (χ4v) is 3.28. The fraction of sp³-hybridized carbons (Fsp3) is 1.00. The van der Waals surface area contributed by atoms with Gasteiger partial charge in [0, 0.05) is 6.54 Å². The number of nitrogens with two attached hydrogens (primary N) is 1. The number of nitrogens with one attached hydrogen (secondary N) is 1. The van der Waals surface area contributed by atoms with Crippen molar-refractivity contribution in [3.8, 4) is 0 Å². The largest absolute Gasteiger partial charge is 0.330 e. The van der Waals surface area contributed by atoms with Crippen LogP contribution in [0.4, 0.5) is 0 Å². The summed E-state index contributed by atoms with van der Waals surface area (Å²) in [6.07, 6.45) is 12.3. The second-order valence-corrected chi connectivity index (χ2v) is 6.54. The Morgan fingerprint density at radius 1 is 1.17 bits per heavy atom. The molecule has 0 amide bonds. The molecule has 1 aliphatic rings. The van der Waals surface area contributed by atoms with E-state index in [1.807, 2.05) is 0 Å². The molecule has 0 aromatic rings. The lowest BCUT2D eigenvalue weighted by atomic mass is 9.76. The first-order valence-corrected chi connectivity index (χ1v) is 8.11. The van der Waals surface area contributed by atoms with E-state index < -0.39 is 0 Å². The number of hydrogen-bond donors (Lipinski definition) is 2. The van der Waals surface area contributed by atoms with Gasteiger partial charge < -0.3 is 11.1 Å². The third kappa shape index (κ3) is 6.19. The highest BCUT2D eigenvalue weighted by Gasteiger charge is 2.25. The van der Waals surface area contributed by atoms with Crippen LogP contribution < -0.4 is 11.1 Å². The first-order chi connectivity index (χ1) is 8.70. The SMILES string of the molecule is CCC(CCN)CCCNCC1(C)CCCCC1. The van der Waals surface area contributed by atoms with Crippen LogP contribution in [0.1, 0.15) is 71.6 Å². The van der Waals surface area contributed by atoms with Crippen molar-refractivity contribution in [1.29, 1.82) is 0 Å². The number of rotatable bonds is 9. The maximum Gasteiger partial charge on any atom is 0.000516 e. The first kappa shape index (κ1) is 16.0. The summed E-state index contributed by atoms with van der Waals surface area (Å²) < 4.78 is 0. The van der Waals surface area contributed by atoms with Crippen LogP contribution in [0, 0.1) is 11.3 Å². The summed E-state index contributed by atoms with van der Waals surface area (Å²) in [6, 6.07) is 0. The molecule has 0 aromatic heterocycles. The van der Waals surface area contributed by atoms with Crippen LogP contribution in [-0.2, 0) is 0 Å². The highest BCUT2D eigenvalue weighted by Crippen LogP contribution is 2.34. The predicted octanol–water partition coefficient (Wildman–Crippen LogP) is 3.70. The van der Waals surface area contributed by atoms with E-state index in [2.05, 4.69) is 19.2 Å². The summed E-state index contributed by atoms with van der Waals surface area (Å²) in [5, 5.41) is 3.69. The Hall–Kier alpha value is -0.0800. The van der Waals surface area contributed by atoms with Crippen LogP contribution in [0.2, 0.25) is 0 Å². The van der Waals surface area contributed by atoms with E-state index in [0.717, 1.165) is 12.5 Å². The summed E-state index contributed by atoms with van der Waals surface area (Å²) in [6.45, 7) is 8.01. The van der Waals surface area contributed by atoms with Gasteiger partial charge in [-0.15, -0.1) is 0 Å². The second-order valence-electron chi connectivity index (χ2n) is 6.54. The van der Waals surface area contributed by atoms with Crippen molar-refractivity contribution in [3.63, 3.8) is 0 Å². The van der Waals surface area contributed by atoms with Gasteiger partial charge in [-0.2, -0.15) is 0 Å². The topological polar surface area (TPSA) is 38.0 Å². The third-order valence-electron chi connectivity index (χ3n) is 4.73. The van der Waals surface area contributed by atoms with Gasteiger partial charge in [-0.25, -0.2) is 0 Å². The molecule has 2 nitrogen and oxygen atoms in total. The zero-order chi connectivity index (χ0) is 13.3. The molecule has 0 bridgehead atoms. The second kappa shape index (κ2) is 8.92. The monoisotopic (exact) mass is 254 g/mol. The molecule has 1 saturated carbocycles. The van der Waals surface area contributed by atoms with E-state index in [0.29, 0.717) is 5.41 Å². The van der Waals surface area contributed by atoms with Gasteiger partial charge in [0.2, 0.25) is 0 Å². The molecular weight excluding hydrogens is 220 g/mol. The number of hydrogen-bond acceptors (Lipinski definition) is 2. The highest BCUT2D eigenvalue weighted by molar-refractivity contribution is 4.80. The third-order valence-corrected chi connectivity index (χ3v) is 4.73. The van der Waals surface area contributed by atoms with Gasteiger partial charge >= 0.3 is 0 Å². The molecular formula is C16H34N2. The van der Waals surface area contributed by atoms with Crippen LogP contribution in [0.15, 0.2) is 0 Å². The minimum Gasteiger partial charge on any atom is -0.330 e. The summed E-state index contributed by atoms with van der Waals surface area (Å²) >= 11 is 0. The van der Waals surface area contributed by atoms with Crippen molar-refractivity contribution in [2.75, 3.05) is 19.6 Å². The van der Waals surface area contributed by atoms with Crippen LogP contribution in [0.3, 0.4) is 0 Å². The van der Waals surface area contributed by atoms with E-state index in [9.17, 15) is 0 Å². The molecule has 0 radical (unpaired) electrons. The van der Waals surface area contributed by atoms with E-state index in [1.165, 1.54) is 70.9 Å². The quantitative estimate of drug-likeness (QED) is 0.616. The van der Waals surface area contributed by atoms with Crippen LogP contribution in [0.25, 0.3) is 0 Å². The summed E-state index contributed by atoms with van der Waals surface area (Å²) in [7, 11) is 0. The van der Waals surface area contributed by atoms with Gasteiger partial charge in [0.25, 0.3) is 0 Å². The highest BCUT2D eigenvalue weighted by atomic mass is 14.9. The van der Waals surface area contributed by atoms with Crippen LogP contribution in [0.5, 0.6) is 0 Å². The van der Waals surface area contributed by atoms with Crippen molar-refractivity contribution in [1.82, 2.24) is 5.32 Å². The van der Waals surface area contributed by atoms with Gasteiger partial charge in [0.05, 0.1) is 0 Å². The average Bonchev–Trinajstić information content (AvgIpc) is 2.38. The molecule has 0 saturated heterocycles. The molecule has 0 aliphatic heterocycles. The Morgan fingerprint density at radius 3 is 2.50 bits per heavy atom. The first-order valence-electron chi connectivity index (χ1n) is 8.11. The predicted molar refractivity (Wildman–Crippen MR) is 80.7 cm³/mol.